The summed E-state index contributed by atoms with van der Waals surface area (Å²) >= 11 is 0. The first kappa shape index (κ1) is 14.4. The number of rotatable bonds is 3. The standard InChI is InChI=1S/C14H20F2N2O/c1-9(2)18-6-7-19-12(8-17)14(18)10-4-3-5-11(15)13(10)16/h3-5,9,12,14H,6-8,17H2,1-2H3. The van der Waals surface area contributed by atoms with Gasteiger partial charge in [-0.1, -0.05) is 12.1 Å². The quantitative estimate of drug-likeness (QED) is 0.914. The van der Waals surface area contributed by atoms with Crippen LogP contribution in [-0.4, -0.2) is 36.7 Å². The van der Waals surface area contributed by atoms with Crippen molar-refractivity contribution < 1.29 is 13.5 Å². The number of nitrogens with two attached hydrogens (primary N) is 1. The summed E-state index contributed by atoms with van der Waals surface area (Å²) in [6.07, 6.45) is -0.313. The molecule has 2 rings (SSSR count). The van der Waals surface area contributed by atoms with Gasteiger partial charge in [0.25, 0.3) is 0 Å². The van der Waals surface area contributed by atoms with Crippen molar-refractivity contribution in [3.63, 3.8) is 0 Å². The highest BCUT2D eigenvalue weighted by Crippen LogP contribution is 2.33. The van der Waals surface area contributed by atoms with Gasteiger partial charge in [-0.3, -0.25) is 4.90 Å². The van der Waals surface area contributed by atoms with Crippen LogP contribution in [0.15, 0.2) is 18.2 Å². The minimum Gasteiger partial charge on any atom is -0.374 e. The zero-order valence-electron chi connectivity index (χ0n) is 11.3. The molecule has 0 radical (unpaired) electrons. The molecule has 106 valence electrons. The molecule has 1 fully saturated rings. The molecule has 0 spiro atoms. The van der Waals surface area contributed by atoms with E-state index in [4.69, 9.17) is 10.5 Å². The summed E-state index contributed by atoms with van der Waals surface area (Å²) in [7, 11) is 0. The zero-order valence-corrected chi connectivity index (χ0v) is 11.3. The van der Waals surface area contributed by atoms with Crippen molar-refractivity contribution in [1.29, 1.82) is 0 Å². The average Bonchev–Trinajstić information content (AvgIpc) is 2.41. The molecule has 1 aromatic carbocycles. The molecule has 1 aromatic rings. The van der Waals surface area contributed by atoms with Crippen LogP contribution in [0.1, 0.15) is 25.5 Å². The first-order valence-corrected chi connectivity index (χ1v) is 6.57. The van der Waals surface area contributed by atoms with Crippen LogP contribution in [0.3, 0.4) is 0 Å². The molecule has 2 atom stereocenters. The van der Waals surface area contributed by atoms with Crippen LogP contribution in [-0.2, 0) is 4.74 Å². The van der Waals surface area contributed by atoms with Gasteiger partial charge in [0.05, 0.1) is 18.8 Å². The topological polar surface area (TPSA) is 38.5 Å². The number of ether oxygens (including phenoxy) is 1. The average molecular weight is 270 g/mol. The Kier molecular flexibility index (Phi) is 4.50. The lowest BCUT2D eigenvalue weighted by atomic mass is 9.96. The largest absolute Gasteiger partial charge is 0.374 e. The van der Waals surface area contributed by atoms with Crippen molar-refractivity contribution in [2.45, 2.75) is 32.0 Å². The summed E-state index contributed by atoms with van der Waals surface area (Å²) in [5.74, 6) is -1.63. The van der Waals surface area contributed by atoms with E-state index in [2.05, 4.69) is 4.90 Å². The normalized spacial score (nSPS) is 24.9. The molecule has 0 amide bonds. The maximum atomic E-state index is 14.0. The number of benzene rings is 1. The summed E-state index contributed by atoms with van der Waals surface area (Å²) in [6, 6.07) is 4.13. The minimum atomic E-state index is -0.831. The highest BCUT2D eigenvalue weighted by atomic mass is 19.2. The molecule has 2 unspecified atom stereocenters. The molecule has 1 saturated heterocycles. The second-order valence-electron chi connectivity index (χ2n) is 5.06. The van der Waals surface area contributed by atoms with Gasteiger partial charge < -0.3 is 10.5 Å². The van der Waals surface area contributed by atoms with Gasteiger partial charge in [0, 0.05) is 24.7 Å². The van der Waals surface area contributed by atoms with E-state index in [0.29, 0.717) is 18.7 Å². The Bertz CT molecular complexity index is 439. The summed E-state index contributed by atoms with van der Waals surface area (Å²) in [5.41, 5.74) is 6.04. The fourth-order valence-electron chi connectivity index (χ4n) is 2.66. The smallest absolute Gasteiger partial charge is 0.163 e. The lowest BCUT2D eigenvalue weighted by Gasteiger charge is -2.43. The Morgan fingerprint density at radius 1 is 1.42 bits per heavy atom. The monoisotopic (exact) mass is 270 g/mol. The number of hydrogen-bond acceptors (Lipinski definition) is 3. The van der Waals surface area contributed by atoms with Crippen molar-refractivity contribution in [2.75, 3.05) is 19.7 Å². The van der Waals surface area contributed by atoms with Crippen molar-refractivity contribution in [2.24, 2.45) is 5.73 Å². The predicted octanol–water partition coefficient (Wildman–Crippen LogP) is 2.07. The van der Waals surface area contributed by atoms with Gasteiger partial charge >= 0.3 is 0 Å². The minimum absolute atomic E-state index is 0.214. The Morgan fingerprint density at radius 3 is 2.79 bits per heavy atom. The van der Waals surface area contributed by atoms with Crippen LogP contribution in [0.25, 0.3) is 0 Å². The van der Waals surface area contributed by atoms with Crippen LogP contribution < -0.4 is 5.73 Å². The Hall–Kier alpha value is -1.04. The van der Waals surface area contributed by atoms with Gasteiger partial charge in [-0.25, -0.2) is 8.78 Å². The van der Waals surface area contributed by atoms with E-state index in [1.165, 1.54) is 6.07 Å². The van der Waals surface area contributed by atoms with Gasteiger partial charge in [-0.15, -0.1) is 0 Å². The number of halogens is 2. The van der Waals surface area contributed by atoms with Crippen LogP contribution in [0.2, 0.25) is 0 Å². The third kappa shape index (κ3) is 2.78. The van der Waals surface area contributed by atoms with E-state index in [0.717, 1.165) is 6.07 Å². The van der Waals surface area contributed by atoms with Crippen LogP contribution in [0.5, 0.6) is 0 Å². The van der Waals surface area contributed by atoms with E-state index in [1.54, 1.807) is 6.07 Å². The maximum absolute atomic E-state index is 14.0. The fraction of sp³-hybridized carbons (Fsp3) is 0.571. The van der Waals surface area contributed by atoms with Crippen LogP contribution in [0.4, 0.5) is 8.78 Å². The summed E-state index contributed by atoms with van der Waals surface area (Å²) in [4.78, 5) is 2.11. The summed E-state index contributed by atoms with van der Waals surface area (Å²) in [5, 5.41) is 0. The molecule has 0 aromatic heterocycles. The Morgan fingerprint density at radius 2 is 2.16 bits per heavy atom. The van der Waals surface area contributed by atoms with Crippen molar-refractivity contribution >= 4 is 0 Å². The van der Waals surface area contributed by atoms with Crippen LogP contribution >= 0.6 is 0 Å². The van der Waals surface area contributed by atoms with Gasteiger partial charge in [0.2, 0.25) is 0 Å². The van der Waals surface area contributed by atoms with Gasteiger partial charge in [-0.2, -0.15) is 0 Å². The van der Waals surface area contributed by atoms with Crippen molar-refractivity contribution in [1.82, 2.24) is 4.90 Å². The Balaban J connectivity index is 2.42. The molecule has 0 aliphatic carbocycles. The molecule has 2 N–H and O–H groups in total. The fourth-order valence-corrected chi connectivity index (χ4v) is 2.66. The summed E-state index contributed by atoms with van der Waals surface area (Å²) < 4.78 is 33.1. The second-order valence-corrected chi connectivity index (χ2v) is 5.06. The lowest BCUT2D eigenvalue weighted by molar-refractivity contribution is -0.0800. The van der Waals surface area contributed by atoms with E-state index in [-0.39, 0.29) is 24.7 Å². The van der Waals surface area contributed by atoms with Gasteiger partial charge in [-0.05, 0) is 19.9 Å². The van der Waals surface area contributed by atoms with Crippen molar-refractivity contribution in [3.05, 3.63) is 35.4 Å². The molecule has 0 bridgehead atoms. The molecule has 19 heavy (non-hydrogen) atoms. The van der Waals surface area contributed by atoms with E-state index in [9.17, 15) is 8.78 Å². The molecule has 1 aliphatic rings. The molecule has 5 heteroatoms. The number of hydrogen-bond donors (Lipinski definition) is 1. The second kappa shape index (κ2) is 5.94. The van der Waals surface area contributed by atoms with E-state index >= 15 is 0 Å². The lowest BCUT2D eigenvalue weighted by Crippen LogP contribution is -2.51. The van der Waals surface area contributed by atoms with E-state index in [1.807, 2.05) is 13.8 Å². The highest BCUT2D eigenvalue weighted by Gasteiger charge is 2.36. The van der Waals surface area contributed by atoms with Gasteiger partial charge in [0.1, 0.15) is 0 Å². The first-order chi connectivity index (χ1) is 9.06. The molecule has 3 nitrogen and oxygen atoms in total. The molecule has 0 saturated carbocycles. The SMILES string of the molecule is CC(C)N1CCOC(CN)C1c1cccc(F)c1F. The zero-order chi connectivity index (χ0) is 14.0. The molecule has 1 heterocycles. The molecular weight excluding hydrogens is 250 g/mol. The predicted molar refractivity (Wildman–Crippen MR) is 69.7 cm³/mol. The summed E-state index contributed by atoms with van der Waals surface area (Å²) in [6.45, 7) is 5.60. The molecule has 1 aliphatic heterocycles. The molecular formula is C14H20F2N2O. The number of nitrogens with zero attached hydrogens (tertiary/aromatic N) is 1. The third-order valence-corrected chi connectivity index (χ3v) is 3.59. The Labute approximate surface area is 112 Å². The first-order valence-electron chi connectivity index (χ1n) is 6.57. The third-order valence-electron chi connectivity index (χ3n) is 3.59. The van der Waals surface area contributed by atoms with Crippen LogP contribution in [0, 0.1) is 11.6 Å². The number of morpholine rings is 1. The van der Waals surface area contributed by atoms with Crippen molar-refractivity contribution in [3.8, 4) is 0 Å². The van der Waals surface area contributed by atoms with Gasteiger partial charge in [0.15, 0.2) is 11.6 Å². The highest BCUT2D eigenvalue weighted by molar-refractivity contribution is 5.24. The maximum Gasteiger partial charge on any atom is 0.163 e. The van der Waals surface area contributed by atoms with E-state index < -0.39 is 11.6 Å².